The number of para-hydroxylation sites is 2. The van der Waals surface area contributed by atoms with Crippen LogP contribution in [0.2, 0.25) is 0 Å². The van der Waals surface area contributed by atoms with Gasteiger partial charge in [0.1, 0.15) is 0 Å². The Morgan fingerprint density at radius 3 is 1.37 bits per heavy atom. The molecule has 10 aromatic carbocycles. The molecule has 0 aliphatic heterocycles. The standard InChI is InChI=1S/C60H46N2/c1-59(2)53-36-45(62(43-23-9-6-10-24-43)57-28-16-20-40-18-12-14-26-47(40)57)31-34-49(53)51-37-55-52(38-54(51)59)50-32-29-41-35-44(30-33-48(41)58(50)60(55,3)4)61(42-21-7-5-8-22-42)56-27-15-19-39-17-11-13-25-46(39)56/h5-38H,1-4H3. The highest BCUT2D eigenvalue weighted by Crippen LogP contribution is 2.58. The molecule has 296 valence electrons. The maximum Gasteiger partial charge on any atom is 0.0540 e. The lowest BCUT2D eigenvalue weighted by molar-refractivity contribution is 0.654. The van der Waals surface area contributed by atoms with Crippen molar-refractivity contribution in [2.75, 3.05) is 9.80 Å². The number of rotatable bonds is 6. The van der Waals surface area contributed by atoms with Gasteiger partial charge in [0.15, 0.2) is 0 Å². The van der Waals surface area contributed by atoms with Crippen LogP contribution < -0.4 is 9.80 Å². The normalized spacial score (nSPS) is 14.1. The fourth-order valence-corrected chi connectivity index (χ4v) is 11.0. The summed E-state index contributed by atoms with van der Waals surface area (Å²) < 4.78 is 0. The molecule has 2 heteroatoms. The molecule has 0 bridgehead atoms. The van der Waals surface area contributed by atoms with Crippen molar-refractivity contribution in [1.82, 2.24) is 0 Å². The molecule has 62 heavy (non-hydrogen) atoms. The maximum absolute atomic E-state index is 2.54. The van der Waals surface area contributed by atoms with E-state index in [0.717, 1.165) is 17.1 Å². The lowest BCUT2D eigenvalue weighted by Gasteiger charge is -2.29. The monoisotopic (exact) mass is 794 g/mol. The summed E-state index contributed by atoms with van der Waals surface area (Å²) in [5.41, 5.74) is 17.5. The van der Waals surface area contributed by atoms with Gasteiger partial charge in [0.25, 0.3) is 0 Å². The first-order valence-electron chi connectivity index (χ1n) is 21.8. The van der Waals surface area contributed by atoms with Crippen LogP contribution in [0.4, 0.5) is 34.1 Å². The first-order chi connectivity index (χ1) is 30.3. The van der Waals surface area contributed by atoms with Gasteiger partial charge in [-0.1, -0.05) is 161 Å². The Morgan fingerprint density at radius 2 is 0.758 bits per heavy atom. The largest absolute Gasteiger partial charge is 0.310 e. The van der Waals surface area contributed by atoms with Crippen LogP contribution in [0.5, 0.6) is 0 Å². The van der Waals surface area contributed by atoms with E-state index in [4.69, 9.17) is 0 Å². The van der Waals surface area contributed by atoms with E-state index < -0.39 is 0 Å². The lowest BCUT2D eigenvalue weighted by atomic mass is 9.78. The Balaban J connectivity index is 0.966. The van der Waals surface area contributed by atoms with E-state index in [0.29, 0.717) is 0 Å². The minimum Gasteiger partial charge on any atom is -0.310 e. The third-order valence-electron chi connectivity index (χ3n) is 13.9. The molecular formula is C60H46N2. The van der Waals surface area contributed by atoms with Gasteiger partial charge < -0.3 is 9.80 Å². The molecule has 10 aromatic rings. The van der Waals surface area contributed by atoms with Gasteiger partial charge >= 0.3 is 0 Å². The first kappa shape index (κ1) is 36.4. The molecule has 2 aliphatic rings. The molecular weight excluding hydrogens is 749 g/mol. The van der Waals surface area contributed by atoms with Crippen molar-refractivity contribution in [1.29, 1.82) is 0 Å². The predicted octanol–water partition coefficient (Wildman–Crippen LogP) is 16.7. The Labute approximate surface area is 364 Å². The summed E-state index contributed by atoms with van der Waals surface area (Å²) in [5.74, 6) is 0. The maximum atomic E-state index is 2.54. The van der Waals surface area contributed by atoms with Gasteiger partial charge in [-0.2, -0.15) is 0 Å². The summed E-state index contributed by atoms with van der Waals surface area (Å²) in [6, 6.07) is 76.3. The molecule has 0 N–H and O–H groups in total. The van der Waals surface area contributed by atoms with Gasteiger partial charge in [0, 0.05) is 44.4 Å². The Kier molecular flexibility index (Phi) is 7.96. The number of benzene rings is 10. The Bertz CT molecular complexity index is 3400. The van der Waals surface area contributed by atoms with E-state index in [-0.39, 0.29) is 10.8 Å². The number of nitrogens with zero attached hydrogens (tertiary/aromatic N) is 2. The SMILES string of the molecule is CC1(C)c2cc(N(c3ccccc3)c3cccc4ccccc34)ccc2-c2cc3c(cc21)-c1ccc2cc(N(c4ccccc4)c4cccc5ccccc45)ccc2c1C3(C)C. The fourth-order valence-electron chi connectivity index (χ4n) is 11.0. The molecule has 0 saturated carbocycles. The van der Waals surface area contributed by atoms with Gasteiger partial charge in [-0.15, -0.1) is 0 Å². The molecule has 0 amide bonds. The summed E-state index contributed by atoms with van der Waals surface area (Å²) in [7, 11) is 0. The molecule has 0 fully saturated rings. The van der Waals surface area contributed by atoms with Crippen molar-refractivity contribution in [2.45, 2.75) is 38.5 Å². The summed E-state index contributed by atoms with van der Waals surface area (Å²) in [6.07, 6.45) is 0. The highest BCUT2D eigenvalue weighted by atomic mass is 15.1. The van der Waals surface area contributed by atoms with Crippen molar-refractivity contribution in [3.8, 4) is 22.3 Å². The second-order valence-electron chi connectivity index (χ2n) is 18.2. The van der Waals surface area contributed by atoms with Crippen molar-refractivity contribution in [2.24, 2.45) is 0 Å². The number of hydrogen-bond donors (Lipinski definition) is 0. The van der Waals surface area contributed by atoms with E-state index in [1.807, 2.05) is 0 Å². The van der Waals surface area contributed by atoms with E-state index in [9.17, 15) is 0 Å². The van der Waals surface area contributed by atoms with Gasteiger partial charge in [0.05, 0.1) is 11.4 Å². The lowest BCUT2D eigenvalue weighted by Crippen LogP contribution is -2.18. The average Bonchev–Trinajstić information content (AvgIpc) is 3.68. The van der Waals surface area contributed by atoms with E-state index in [1.165, 1.54) is 93.9 Å². The molecule has 12 rings (SSSR count). The van der Waals surface area contributed by atoms with Gasteiger partial charge in [-0.05, 0) is 139 Å². The van der Waals surface area contributed by atoms with Crippen LogP contribution in [0.3, 0.4) is 0 Å². The molecule has 0 atom stereocenters. The minimum atomic E-state index is -0.196. The van der Waals surface area contributed by atoms with E-state index in [1.54, 1.807) is 0 Å². The minimum absolute atomic E-state index is 0.194. The highest BCUT2D eigenvalue weighted by Gasteiger charge is 2.42. The number of fused-ring (bicyclic) bond motifs is 10. The molecule has 0 radical (unpaired) electrons. The van der Waals surface area contributed by atoms with Crippen molar-refractivity contribution >= 4 is 66.4 Å². The second kappa shape index (κ2) is 13.5. The zero-order chi connectivity index (χ0) is 41.7. The van der Waals surface area contributed by atoms with Crippen molar-refractivity contribution < 1.29 is 0 Å². The Morgan fingerprint density at radius 1 is 0.290 bits per heavy atom. The summed E-state index contributed by atoms with van der Waals surface area (Å²) >= 11 is 0. The van der Waals surface area contributed by atoms with Crippen LogP contribution in [0, 0.1) is 0 Å². The van der Waals surface area contributed by atoms with E-state index >= 15 is 0 Å². The van der Waals surface area contributed by atoms with Crippen LogP contribution in [0.25, 0.3) is 54.6 Å². The number of anilines is 6. The molecule has 0 aromatic heterocycles. The quantitative estimate of drug-likeness (QED) is 0.165. The zero-order valence-corrected chi connectivity index (χ0v) is 35.5. The predicted molar refractivity (Wildman–Crippen MR) is 263 cm³/mol. The van der Waals surface area contributed by atoms with Crippen molar-refractivity contribution in [3.63, 3.8) is 0 Å². The van der Waals surface area contributed by atoms with Crippen LogP contribution in [-0.4, -0.2) is 0 Å². The zero-order valence-electron chi connectivity index (χ0n) is 35.5. The molecule has 0 heterocycles. The summed E-state index contributed by atoms with van der Waals surface area (Å²) in [6.45, 7) is 9.68. The molecule has 0 unspecified atom stereocenters. The van der Waals surface area contributed by atoms with Gasteiger partial charge in [-0.3, -0.25) is 0 Å². The summed E-state index contributed by atoms with van der Waals surface area (Å²) in [4.78, 5) is 4.84. The average molecular weight is 795 g/mol. The van der Waals surface area contributed by atoms with Gasteiger partial charge in [0.2, 0.25) is 0 Å². The number of hydrogen-bond acceptors (Lipinski definition) is 2. The van der Waals surface area contributed by atoms with Crippen LogP contribution in [0.1, 0.15) is 49.9 Å². The Hall–Kier alpha value is -7.42. The molecule has 0 saturated heterocycles. The third-order valence-corrected chi connectivity index (χ3v) is 13.9. The topological polar surface area (TPSA) is 6.48 Å². The smallest absolute Gasteiger partial charge is 0.0540 e. The first-order valence-corrected chi connectivity index (χ1v) is 21.8. The highest BCUT2D eigenvalue weighted by molar-refractivity contribution is 6.04. The summed E-state index contributed by atoms with van der Waals surface area (Å²) in [5, 5.41) is 7.51. The van der Waals surface area contributed by atoms with Crippen LogP contribution in [0.15, 0.2) is 206 Å². The van der Waals surface area contributed by atoms with Gasteiger partial charge in [-0.25, -0.2) is 0 Å². The van der Waals surface area contributed by atoms with Crippen LogP contribution >= 0.6 is 0 Å². The van der Waals surface area contributed by atoms with Crippen LogP contribution in [-0.2, 0) is 10.8 Å². The molecule has 2 nitrogen and oxygen atoms in total. The second-order valence-corrected chi connectivity index (χ2v) is 18.2. The van der Waals surface area contributed by atoms with Crippen molar-refractivity contribution in [3.05, 3.63) is 229 Å². The molecule has 2 aliphatic carbocycles. The van der Waals surface area contributed by atoms with E-state index in [2.05, 4.69) is 244 Å². The fraction of sp³-hybridized carbons (Fsp3) is 0.100. The third kappa shape index (κ3) is 5.36. The molecule has 0 spiro atoms.